The van der Waals surface area contributed by atoms with Gasteiger partial charge < -0.3 is 9.84 Å². The predicted octanol–water partition coefficient (Wildman–Crippen LogP) is 5.45. The highest BCUT2D eigenvalue weighted by Gasteiger charge is 2.27. The van der Waals surface area contributed by atoms with Gasteiger partial charge in [0.15, 0.2) is 0 Å². The van der Waals surface area contributed by atoms with Gasteiger partial charge in [-0.2, -0.15) is 5.10 Å². The Labute approximate surface area is 178 Å². The molecule has 1 amide bonds. The third-order valence-electron chi connectivity index (χ3n) is 3.86. The maximum atomic E-state index is 14.6. The van der Waals surface area contributed by atoms with Gasteiger partial charge in [-0.3, -0.25) is 14.8 Å². The van der Waals surface area contributed by atoms with Crippen molar-refractivity contribution in [1.29, 1.82) is 0 Å². The fourth-order valence-corrected chi connectivity index (χ4v) is 2.95. The molecule has 0 radical (unpaired) electrons. The summed E-state index contributed by atoms with van der Waals surface area (Å²) >= 11 is 6.15. The Kier molecular flexibility index (Phi) is 6.73. The summed E-state index contributed by atoms with van der Waals surface area (Å²) < 4.78 is 21.3. The molecule has 0 unspecified atom stereocenters. The van der Waals surface area contributed by atoms with Crippen molar-refractivity contribution in [2.45, 2.75) is 52.7 Å². The molecule has 160 valence electrons. The monoisotopic (exact) mass is 436 g/mol. The minimum absolute atomic E-state index is 0.0400. The van der Waals surface area contributed by atoms with Crippen LogP contribution in [0.2, 0.25) is 5.02 Å². The Hall–Kier alpha value is -3.12. The summed E-state index contributed by atoms with van der Waals surface area (Å²) in [6, 6.07) is 2.44. The number of hydrogen-bond acceptors (Lipinski definition) is 4. The lowest BCUT2D eigenvalue weighted by molar-refractivity contribution is -0.136. The molecule has 0 spiro atoms. The summed E-state index contributed by atoms with van der Waals surface area (Å²) in [7, 11) is 0. The number of amides is 1. The molecule has 10 heteroatoms. The van der Waals surface area contributed by atoms with E-state index in [1.807, 2.05) is 0 Å². The van der Waals surface area contributed by atoms with Gasteiger partial charge >= 0.3 is 12.1 Å². The molecule has 0 aliphatic heterocycles. The summed E-state index contributed by atoms with van der Waals surface area (Å²) in [5.74, 6) is -2.00. The molecule has 0 saturated heterocycles. The number of benzene rings is 1. The molecule has 0 fully saturated rings. The molecule has 30 heavy (non-hydrogen) atoms. The molecule has 0 aliphatic carbocycles. The third kappa shape index (κ3) is 5.07. The number of aromatic nitrogens is 2. The average molecular weight is 437 g/mol. The standard InChI is InChI=1S/C20H22ClFN4O4/c1-10(2)26-18(24-19(29)30-20(3,4)5)17(23-6)16(25-26)12-8-7-11(9-13(27)28)15(22)14(12)21/h7-8,10H,9H2,1-5H3,(H,24,29)(H,27,28). The van der Waals surface area contributed by atoms with E-state index in [0.29, 0.717) is 0 Å². The number of aliphatic carboxylic acids is 1. The Morgan fingerprint density at radius 3 is 2.53 bits per heavy atom. The van der Waals surface area contributed by atoms with Crippen molar-refractivity contribution in [1.82, 2.24) is 9.78 Å². The molecule has 2 rings (SSSR count). The topological polar surface area (TPSA) is 97.8 Å². The Balaban J connectivity index is 2.60. The van der Waals surface area contributed by atoms with Crippen molar-refractivity contribution in [3.05, 3.63) is 40.0 Å². The van der Waals surface area contributed by atoms with E-state index in [4.69, 9.17) is 28.0 Å². The van der Waals surface area contributed by atoms with E-state index in [1.165, 1.54) is 16.8 Å². The van der Waals surface area contributed by atoms with Crippen LogP contribution >= 0.6 is 11.6 Å². The predicted molar refractivity (Wildman–Crippen MR) is 110 cm³/mol. The van der Waals surface area contributed by atoms with Crippen LogP contribution in [0.4, 0.5) is 20.7 Å². The number of nitrogens with zero attached hydrogens (tertiary/aromatic N) is 3. The largest absolute Gasteiger partial charge is 0.481 e. The summed E-state index contributed by atoms with van der Waals surface area (Å²) in [6.45, 7) is 16.3. The number of ether oxygens (including phenoxy) is 1. The van der Waals surface area contributed by atoms with Crippen molar-refractivity contribution >= 4 is 35.2 Å². The first-order valence-electron chi connectivity index (χ1n) is 9.04. The maximum Gasteiger partial charge on any atom is 0.412 e. The quantitative estimate of drug-likeness (QED) is 0.607. The maximum absolute atomic E-state index is 14.6. The lowest BCUT2D eigenvalue weighted by Crippen LogP contribution is -2.28. The molecule has 2 aromatic rings. The minimum atomic E-state index is -1.20. The van der Waals surface area contributed by atoms with Crippen LogP contribution in [0.5, 0.6) is 0 Å². The second-order valence-electron chi connectivity index (χ2n) is 7.79. The second kappa shape index (κ2) is 8.71. The number of carboxylic acid groups (broad SMARTS) is 1. The molecule has 2 N–H and O–H groups in total. The number of carbonyl (C=O) groups excluding carboxylic acids is 1. The number of hydrogen-bond donors (Lipinski definition) is 2. The molecular formula is C20H22ClFN4O4. The van der Waals surface area contributed by atoms with Crippen molar-refractivity contribution in [3.63, 3.8) is 0 Å². The van der Waals surface area contributed by atoms with Gasteiger partial charge in [-0.1, -0.05) is 23.7 Å². The minimum Gasteiger partial charge on any atom is -0.481 e. The zero-order valence-electron chi connectivity index (χ0n) is 17.2. The second-order valence-corrected chi connectivity index (χ2v) is 8.17. The van der Waals surface area contributed by atoms with Gasteiger partial charge in [0.05, 0.1) is 18.0 Å². The fourth-order valence-electron chi connectivity index (χ4n) is 2.68. The summed E-state index contributed by atoms with van der Waals surface area (Å²) in [5, 5.41) is 15.4. The van der Waals surface area contributed by atoms with Crippen LogP contribution in [0.1, 0.15) is 46.2 Å². The summed E-state index contributed by atoms with van der Waals surface area (Å²) in [4.78, 5) is 26.6. The lowest BCUT2D eigenvalue weighted by Gasteiger charge is -2.20. The highest BCUT2D eigenvalue weighted by molar-refractivity contribution is 6.33. The number of anilines is 1. The van der Waals surface area contributed by atoms with E-state index < -0.39 is 29.9 Å². The van der Waals surface area contributed by atoms with Gasteiger partial charge in [0.25, 0.3) is 5.69 Å². The van der Waals surface area contributed by atoms with Crippen molar-refractivity contribution in [2.75, 3.05) is 5.32 Å². The first kappa shape index (κ1) is 23.2. The van der Waals surface area contributed by atoms with E-state index >= 15 is 0 Å². The molecule has 0 aliphatic rings. The average Bonchev–Trinajstić information content (AvgIpc) is 2.95. The molecule has 1 heterocycles. The molecule has 1 aromatic heterocycles. The first-order valence-corrected chi connectivity index (χ1v) is 9.42. The van der Waals surface area contributed by atoms with Crippen LogP contribution in [0.3, 0.4) is 0 Å². The van der Waals surface area contributed by atoms with Crippen LogP contribution in [0, 0.1) is 12.4 Å². The number of halogens is 2. The van der Waals surface area contributed by atoms with Crippen molar-refractivity contribution in [3.8, 4) is 11.3 Å². The number of carbonyl (C=O) groups is 2. The molecular weight excluding hydrogens is 415 g/mol. The van der Waals surface area contributed by atoms with Crippen LogP contribution in [-0.4, -0.2) is 32.6 Å². The van der Waals surface area contributed by atoms with Gasteiger partial charge in [0.1, 0.15) is 22.9 Å². The normalized spacial score (nSPS) is 11.3. The number of rotatable bonds is 5. The zero-order valence-corrected chi connectivity index (χ0v) is 18.0. The van der Waals surface area contributed by atoms with E-state index in [-0.39, 0.29) is 39.4 Å². The SMILES string of the molecule is [C-]#[N+]c1c(-c2ccc(CC(=O)O)c(F)c2Cl)nn(C(C)C)c1NC(=O)OC(C)(C)C. The van der Waals surface area contributed by atoms with Gasteiger partial charge in [0, 0.05) is 17.2 Å². The first-order chi connectivity index (χ1) is 13.9. The van der Waals surface area contributed by atoms with Crippen LogP contribution < -0.4 is 5.32 Å². The Morgan fingerprint density at radius 2 is 2.03 bits per heavy atom. The van der Waals surface area contributed by atoms with Gasteiger partial charge in [0.2, 0.25) is 0 Å². The lowest BCUT2D eigenvalue weighted by atomic mass is 10.1. The summed E-state index contributed by atoms with van der Waals surface area (Å²) in [5.41, 5.74) is -0.699. The molecule has 0 saturated carbocycles. The van der Waals surface area contributed by atoms with Gasteiger partial charge in [-0.15, -0.1) is 0 Å². The highest BCUT2D eigenvalue weighted by Crippen LogP contribution is 2.42. The smallest absolute Gasteiger partial charge is 0.412 e. The fraction of sp³-hybridized carbons (Fsp3) is 0.400. The van der Waals surface area contributed by atoms with E-state index in [9.17, 15) is 14.0 Å². The van der Waals surface area contributed by atoms with E-state index in [2.05, 4.69) is 15.3 Å². The van der Waals surface area contributed by atoms with Crippen LogP contribution in [0.25, 0.3) is 16.1 Å². The number of carboxylic acids is 1. The van der Waals surface area contributed by atoms with E-state index in [0.717, 1.165) is 0 Å². The molecule has 1 aromatic carbocycles. The third-order valence-corrected chi connectivity index (χ3v) is 4.23. The van der Waals surface area contributed by atoms with Crippen molar-refractivity contribution < 1.29 is 23.8 Å². The number of nitrogens with one attached hydrogen (secondary N) is 1. The summed E-state index contributed by atoms with van der Waals surface area (Å²) in [6.07, 6.45) is -1.30. The van der Waals surface area contributed by atoms with Gasteiger partial charge in [-0.05, 0) is 34.6 Å². The van der Waals surface area contributed by atoms with Crippen LogP contribution in [0.15, 0.2) is 12.1 Å². The van der Waals surface area contributed by atoms with Crippen molar-refractivity contribution in [2.24, 2.45) is 0 Å². The molecule has 0 atom stereocenters. The highest BCUT2D eigenvalue weighted by atomic mass is 35.5. The van der Waals surface area contributed by atoms with Crippen LogP contribution in [-0.2, 0) is 16.0 Å². The Bertz CT molecular complexity index is 1030. The zero-order chi connectivity index (χ0) is 22.8. The van der Waals surface area contributed by atoms with E-state index in [1.54, 1.807) is 34.6 Å². The van der Waals surface area contributed by atoms with Gasteiger partial charge in [-0.25, -0.2) is 14.0 Å². The Morgan fingerprint density at radius 1 is 1.40 bits per heavy atom. The molecule has 0 bridgehead atoms. The molecule has 8 nitrogen and oxygen atoms in total.